The predicted molar refractivity (Wildman–Crippen MR) is 118 cm³/mol. The number of aryl methyl sites for hydroxylation is 2. The van der Waals surface area contributed by atoms with Gasteiger partial charge in [-0.25, -0.2) is 0 Å². The molecule has 6 nitrogen and oxygen atoms in total. The van der Waals surface area contributed by atoms with Crippen molar-refractivity contribution in [2.24, 2.45) is 7.05 Å². The lowest BCUT2D eigenvalue weighted by molar-refractivity contribution is 0.0933. The van der Waals surface area contributed by atoms with Gasteiger partial charge in [-0.05, 0) is 38.0 Å². The zero-order valence-electron chi connectivity index (χ0n) is 17.2. The van der Waals surface area contributed by atoms with Crippen LogP contribution in [0.2, 0.25) is 0 Å². The maximum Gasteiger partial charge on any atom is 0.296 e. The lowest BCUT2D eigenvalue weighted by atomic mass is 10.1. The second kappa shape index (κ2) is 7.13. The summed E-state index contributed by atoms with van der Waals surface area (Å²) in [7, 11) is 1.87. The second-order valence-corrected chi connectivity index (χ2v) is 8.16. The third-order valence-corrected chi connectivity index (χ3v) is 6.12. The van der Waals surface area contributed by atoms with Crippen LogP contribution in [0, 0.1) is 6.92 Å². The van der Waals surface area contributed by atoms with Gasteiger partial charge in [0.15, 0.2) is 5.69 Å². The van der Waals surface area contributed by atoms with Crippen LogP contribution >= 0.6 is 0 Å². The van der Waals surface area contributed by atoms with Crippen molar-refractivity contribution < 1.29 is 4.79 Å². The van der Waals surface area contributed by atoms with E-state index in [0.29, 0.717) is 22.3 Å². The van der Waals surface area contributed by atoms with Gasteiger partial charge in [0.2, 0.25) is 0 Å². The van der Waals surface area contributed by atoms with Crippen molar-refractivity contribution in [3.8, 4) is 5.69 Å². The minimum Gasteiger partial charge on any atom is -0.348 e. The molecule has 0 saturated heterocycles. The smallest absolute Gasteiger partial charge is 0.296 e. The zero-order valence-corrected chi connectivity index (χ0v) is 17.2. The quantitative estimate of drug-likeness (QED) is 0.568. The Kier molecular flexibility index (Phi) is 4.42. The number of carbonyl (C=O) groups excluding carboxylic acids is 1. The number of amides is 1. The maximum atomic E-state index is 13.5. The molecule has 0 spiro atoms. The number of para-hydroxylation sites is 1. The zero-order chi connectivity index (χ0) is 20.8. The van der Waals surface area contributed by atoms with Crippen LogP contribution in [0.5, 0.6) is 0 Å². The number of aromatic nitrogens is 3. The molecule has 0 atom stereocenters. The number of nitrogens with one attached hydrogen (secondary N) is 1. The van der Waals surface area contributed by atoms with Crippen molar-refractivity contribution in [3.05, 3.63) is 70.1 Å². The lowest BCUT2D eigenvalue weighted by Crippen LogP contribution is -2.35. The summed E-state index contributed by atoms with van der Waals surface area (Å²) in [4.78, 5) is 26.8. The van der Waals surface area contributed by atoms with Crippen LogP contribution in [0.4, 0.5) is 0 Å². The Bertz CT molecular complexity index is 1330. The number of hydrogen-bond acceptors (Lipinski definition) is 3. The van der Waals surface area contributed by atoms with E-state index in [-0.39, 0.29) is 17.5 Å². The summed E-state index contributed by atoms with van der Waals surface area (Å²) in [6, 6.07) is 15.5. The largest absolute Gasteiger partial charge is 0.348 e. The van der Waals surface area contributed by atoms with Gasteiger partial charge in [0.1, 0.15) is 5.52 Å². The van der Waals surface area contributed by atoms with Gasteiger partial charge in [0.05, 0.1) is 5.69 Å². The summed E-state index contributed by atoms with van der Waals surface area (Å²) in [6.45, 7) is 1.99. The van der Waals surface area contributed by atoms with Gasteiger partial charge in [0, 0.05) is 29.4 Å². The summed E-state index contributed by atoms with van der Waals surface area (Å²) in [6.07, 6.45) is 4.24. The number of hydrogen-bond donors (Lipinski definition) is 1. The minimum absolute atomic E-state index is 0.170. The van der Waals surface area contributed by atoms with E-state index in [1.165, 1.54) is 4.68 Å². The van der Waals surface area contributed by atoms with Crippen molar-refractivity contribution >= 4 is 27.7 Å². The monoisotopic (exact) mass is 400 g/mol. The van der Waals surface area contributed by atoms with Crippen molar-refractivity contribution in [3.63, 3.8) is 0 Å². The molecule has 0 radical (unpaired) electrons. The fourth-order valence-electron chi connectivity index (χ4n) is 4.52. The van der Waals surface area contributed by atoms with E-state index < -0.39 is 0 Å². The molecule has 1 aliphatic rings. The molecule has 2 aromatic heterocycles. The van der Waals surface area contributed by atoms with Crippen molar-refractivity contribution in [2.45, 2.75) is 38.6 Å². The first kappa shape index (κ1) is 18.6. The number of fused-ring (bicyclic) bond motifs is 3. The number of rotatable bonds is 3. The molecule has 2 aromatic carbocycles. The molecule has 6 heteroatoms. The van der Waals surface area contributed by atoms with Crippen LogP contribution < -0.4 is 10.9 Å². The molecule has 1 N–H and O–H groups in total. The summed E-state index contributed by atoms with van der Waals surface area (Å²) in [5.74, 6) is -0.218. The lowest BCUT2D eigenvalue weighted by Gasteiger charge is -2.14. The molecular weight excluding hydrogens is 376 g/mol. The third kappa shape index (κ3) is 2.91. The van der Waals surface area contributed by atoms with E-state index in [9.17, 15) is 9.59 Å². The molecule has 1 amide bonds. The normalized spacial score (nSPS) is 14.6. The molecule has 30 heavy (non-hydrogen) atoms. The van der Waals surface area contributed by atoms with E-state index in [0.717, 1.165) is 42.1 Å². The average molecular weight is 400 g/mol. The van der Waals surface area contributed by atoms with E-state index in [1.807, 2.05) is 67.1 Å². The molecule has 152 valence electrons. The van der Waals surface area contributed by atoms with Crippen LogP contribution in [0.3, 0.4) is 0 Å². The minimum atomic E-state index is -0.232. The molecule has 1 fully saturated rings. The van der Waals surface area contributed by atoms with Crippen molar-refractivity contribution in [1.29, 1.82) is 0 Å². The summed E-state index contributed by atoms with van der Waals surface area (Å²) < 4.78 is 3.22. The fraction of sp³-hybridized carbons (Fsp3) is 0.292. The Morgan fingerprint density at radius 1 is 1.07 bits per heavy atom. The predicted octanol–water partition coefficient (Wildman–Crippen LogP) is 3.86. The summed E-state index contributed by atoms with van der Waals surface area (Å²) in [5, 5.41) is 9.22. The maximum absolute atomic E-state index is 13.5. The second-order valence-electron chi connectivity index (χ2n) is 8.16. The first-order valence-electron chi connectivity index (χ1n) is 10.4. The Balaban J connectivity index is 1.80. The summed E-state index contributed by atoms with van der Waals surface area (Å²) >= 11 is 0. The van der Waals surface area contributed by atoms with Crippen LogP contribution in [0.25, 0.3) is 27.5 Å². The fourth-order valence-corrected chi connectivity index (χ4v) is 4.52. The van der Waals surface area contributed by atoms with Crippen LogP contribution in [0.15, 0.2) is 53.3 Å². The molecule has 1 saturated carbocycles. The Labute approximate surface area is 174 Å². The first-order chi connectivity index (χ1) is 14.5. The van der Waals surface area contributed by atoms with Gasteiger partial charge >= 0.3 is 0 Å². The molecule has 1 aliphatic carbocycles. The SMILES string of the molecule is Cc1ccc(-n2nc(C(=O)NC3CCCC3)c3c4ccccc4n(C)c3c2=O)cc1. The van der Waals surface area contributed by atoms with Gasteiger partial charge in [-0.15, -0.1) is 0 Å². The highest BCUT2D eigenvalue weighted by atomic mass is 16.2. The van der Waals surface area contributed by atoms with E-state index in [1.54, 1.807) is 0 Å². The molecule has 5 rings (SSSR count). The van der Waals surface area contributed by atoms with Gasteiger partial charge in [-0.3, -0.25) is 9.59 Å². The average Bonchev–Trinajstić information content (AvgIpc) is 3.36. The highest BCUT2D eigenvalue weighted by Gasteiger charge is 2.25. The van der Waals surface area contributed by atoms with E-state index in [4.69, 9.17) is 0 Å². The number of nitrogens with zero attached hydrogens (tertiary/aromatic N) is 3. The van der Waals surface area contributed by atoms with Crippen LogP contribution in [-0.4, -0.2) is 26.3 Å². The highest BCUT2D eigenvalue weighted by Crippen LogP contribution is 2.29. The Hall–Kier alpha value is -3.41. The molecule has 0 aliphatic heterocycles. The molecule has 4 aromatic rings. The first-order valence-corrected chi connectivity index (χ1v) is 10.4. The van der Waals surface area contributed by atoms with Crippen LogP contribution in [-0.2, 0) is 7.05 Å². The topological polar surface area (TPSA) is 68.9 Å². The summed E-state index contributed by atoms with van der Waals surface area (Å²) in [5.41, 5.74) is 3.20. The highest BCUT2D eigenvalue weighted by molar-refractivity contribution is 6.16. The van der Waals surface area contributed by atoms with E-state index in [2.05, 4.69) is 10.4 Å². The molecule has 0 unspecified atom stereocenters. The number of carbonyl (C=O) groups is 1. The molecule has 2 heterocycles. The third-order valence-electron chi connectivity index (χ3n) is 6.12. The van der Waals surface area contributed by atoms with Gasteiger partial charge in [-0.2, -0.15) is 9.78 Å². The van der Waals surface area contributed by atoms with Crippen molar-refractivity contribution in [1.82, 2.24) is 19.7 Å². The Morgan fingerprint density at radius 3 is 2.50 bits per heavy atom. The molecular formula is C24H24N4O2. The van der Waals surface area contributed by atoms with Crippen molar-refractivity contribution in [2.75, 3.05) is 0 Å². The molecule has 0 bridgehead atoms. The Morgan fingerprint density at radius 2 is 1.77 bits per heavy atom. The van der Waals surface area contributed by atoms with Crippen LogP contribution in [0.1, 0.15) is 41.7 Å². The number of benzene rings is 2. The van der Waals surface area contributed by atoms with Gasteiger partial charge in [0.25, 0.3) is 11.5 Å². The van der Waals surface area contributed by atoms with Gasteiger partial charge < -0.3 is 9.88 Å². The van der Waals surface area contributed by atoms with E-state index >= 15 is 0 Å². The standard InChI is InChI=1S/C24H24N4O2/c1-15-11-13-17(14-12-15)28-24(30)22-20(18-9-5-6-10-19(18)27(22)2)21(26-28)23(29)25-16-7-3-4-8-16/h5-6,9-14,16H,3-4,7-8H2,1-2H3,(H,25,29). The van der Waals surface area contributed by atoms with Gasteiger partial charge in [-0.1, -0.05) is 48.7 Å².